The number of nitrogens with one attached hydrogen (secondary N) is 1. The van der Waals surface area contributed by atoms with Crippen molar-refractivity contribution in [2.45, 2.75) is 12.5 Å². The number of carbonyl (C=O) groups excluding carboxylic acids is 1. The summed E-state index contributed by atoms with van der Waals surface area (Å²) in [6.45, 7) is 3.43. The zero-order chi connectivity index (χ0) is 11.4. The summed E-state index contributed by atoms with van der Waals surface area (Å²) in [6.07, 6.45) is 1.00. The number of nitrogens with two attached hydrogens (primary N) is 1. The molecule has 4 nitrogen and oxygen atoms in total. The van der Waals surface area contributed by atoms with E-state index in [1.54, 1.807) is 11.3 Å². The summed E-state index contributed by atoms with van der Waals surface area (Å²) >= 11 is 1.76. The lowest BCUT2D eigenvalue weighted by molar-refractivity contribution is -0.123. The molecule has 0 aromatic carbocycles. The Hall–Kier alpha value is -0.910. The number of thiophene rings is 1. The largest absolute Gasteiger partial charge is 0.368 e. The van der Waals surface area contributed by atoms with Crippen LogP contribution in [0.4, 0.5) is 0 Å². The SMILES string of the molecule is NC(=O)C1CNCCN1CCc1cccs1. The Morgan fingerprint density at radius 2 is 2.56 bits per heavy atom. The van der Waals surface area contributed by atoms with Gasteiger partial charge in [0, 0.05) is 31.1 Å². The van der Waals surface area contributed by atoms with Crippen molar-refractivity contribution in [3.8, 4) is 0 Å². The minimum absolute atomic E-state index is 0.145. The first-order valence-electron chi connectivity index (χ1n) is 5.54. The average Bonchev–Trinajstić information content (AvgIpc) is 2.79. The normalized spacial score (nSPS) is 22.1. The molecule has 16 heavy (non-hydrogen) atoms. The maximum atomic E-state index is 11.3. The first-order chi connectivity index (χ1) is 7.77. The van der Waals surface area contributed by atoms with Crippen LogP contribution in [0.25, 0.3) is 0 Å². The molecule has 1 amide bonds. The monoisotopic (exact) mass is 239 g/mol. The van der Waals surface area contributed by atoms with Gasteiger partial charge in [0.25, 0.3) is 0 Å². The summed E-state index contributed by atoms with van der Waals surface area (Å²) in [5.74, 6) is -0.224. The molecular weight excluding hydrogens is 222 g/mol. The van der Waals surface area contributed by atoms with Crippen LogP contribution in [0.5, 0.6) is 0 Å². The van der Waals surface area contributed by atoms with Crippen LogP contribution >= 0.6 is 11.3 Å². The molecule has 0 spiro atoms. The molecule has 2 rings (SSSR count). The Morgan fingerprint density at radius 3 is 3.25 bits per heavy atom. The van der Waals surface area contributed by atoms with Crippen molar-refractivity contribution in [1.82, 2.24) is 10.2 Å². The predicted molar refractivity (Wildman–Crippen MR) is 65.4 cm³/mol. The fourth-order valence-electron chi connectivity index (χ4n) is 2.00. The quantitative estimate of drug-likeness (QED) is 0.780. The van der Waals surface area contributed by atoms with Crippen LogP contribution in [0.3, 0.4) is 0 Å². The average molecular weight is 239 g/mol. The molecule has 1 aliphatic heterocycles. The zero-order valence-corrected chi connectivity index (χ0v) is 10.0. The van der Waals surface area contributed by atoms with E-state index >= 15 is 0 Å². The van der Waals surface area contributed by atoms with Crippen LogP contribution in [0.2, 0.25) is 0 Å². The Kier molecular flexibility index (Phi) is 3.93. The number of primary amides is 1. The van der Waals surface area contributed by atoms with Gasteiger partial charge in [-0.05, 0) is 17.9 Å². The van der Waals surface area contributed by atoms with Crippen molar-refractivity contribution in [1.29, 1.82) is 0 Å². The van der Waals surface area contributed by atoms with Gasteiger partial charge in [-0.15, -0.1) is 11.3 Å². The second-order valence-corrected chi connectivity index (χ2v) is 5.02. The van der Waals surface area contributed by atoms with E-state index < -0.39 is 0 Å². The van der Waals surface area contributed by atoms with Crippen LogP contribution in [0.1, 0.15) is 4.88 Å². The topological polar surface area (TPSA) is 58.4 Å². The Bertz CT molecular complexity index is 339. The maximum Gasteiger partial charge on any atom is 0.236 e. The number of rotatable bonds is 4. The Labute approximate surface area is 99.4 Å². The van der Waals surface area contributed by atoms with Crippen LogP contribution in [-0.4, -0.2) is 43.0 Å². The molecule has 1 fully saturated rings. The van der Waals surface area contributed by atoms with Crippen LogP contribution in [0.15, 0.2) is 17.5 Å². The maximum absolute atomic E-state index is 11.3. The van der Waals surface area contributed by atoms with Gasteiger partial charge in [0.05, 0.1) is 0 Å². The van der Waals surface area contributed by atoms with Gasteiger partial charge in [-0.1, -0.05) is 6.07 Å². The summed E-state index contributed by atoms with van der Waals surface area (Å²) in [7, 11) is 0. The third kappa shape index (κ3) is 2.81. The lowest BCUT2D eigenvalue weighted by Crippen LogP contribution is -2.57. The number of carbonyl (C=O) groups is 1. The molecule has 5 heteroatoms. The number of amides is 1. The first-order valence-corrected chi connectivity index (χ1v) is 6.42. The minimum atomic E-state index is -0.224. The summed E-state index contributed by atoms with van der Waals surface area (Å²) in [6, 6.07) is 4.05. The predicted octanol–water partition coefficient (Wildman–Crippen LogP) is 0.0497. The van der Waals surface area contributed by atoms with Crippen LogP contribution in [-0.2, 0) is 11.2 Å². The molecule has 1 saturated heterocycles. The molecule has 88 valence electrons. The van der Waals surface area contributed by atoms with Gasteiger partial charge < -0.3 is 11.1 Å². The molecule has 0 bridgehead atoms. The third-order valence-corrected chi connectivity index (χ3v) is 3.84. The van der Waals surface area contributed by atoms with Crippen LogP contribution in [0, 0.1) is 0 Å². The summed E-state index contributed by atoms with van der Waals surface area (Å²) in [5, 5.41) is 5.28. The molecule has 2 heterocycles. The second kappa shape index (κ2) is 5.43. The summed E-state index contributed by atoms with van der Waals surface area (Å²) < 4.78 is 0. The van der Waals surface area contributed by atoms with Crippen molar-refractivity contribution in [3.63, 3.8) is 0 Å². The van der Waals surface area contributed by atoms with E-state index in [4.69, 9.17) is 5.73 Å². The lowest BCUT2D eigenvalue weighted by atomic mass is 10.1. The highest BCUT2D eigenvalue weighted by molar-refractivity contribution is 7.09. The summed E-state index contributed by atoms with van der Waals surface area (Å²) in [5.41, 5.74) is 5.39. The van der Waals surface area contributed by atoms with Crippen molar-refractivity contribution in [2.75, 3.05) is 26.2 Å². The molecule has 1 aromatic rings. The smallest absolute Gasteiger partial charge is 0.236 e. The van der Waals surface area contributed by atoms with Gasteiger partial charge in [0.1, 0.15) is 6.04 Å². The number of hydrogen-bond acceptors (Lipinski definition) is 4. The highest BCUT2D eigenvalue weighted by Gasteiger charge is 2.26. The molecule has 1 aliphatic rings. The van der Waals surface area contributed by atoms with Gasteiger partial charge in [-0.2, -0.15) is 0 Å². The van der Waals surface area contributed by atoms with E-state index in [0.717, 1.165) is 26.1 Å². The molecular formula is C11H17N3OS. The zero-order valence-electron chi connectivity index (χ0n) is 9.19. The molecule has 1 unspecified atom stereocenters. The molecule has 0 radical (unpaired) electrons. The molecule has 0 aliphatic carbocycles. The van der Waals surface area contributed by atoms with Gasteiger partial charge >= 0.3 is 0 Å². The van der Waals surface area contributed by atoms with Crippen molar-refractivity contribution >= 4 is 17.2 Å². The number of hydrogen-bond donors (Lipinski definition) is 2. The van der Waals surface area contributed by atoms with Crippen molar-refractivity contribution < 1.29 is 4.79 Å². The number of piperazine rings is 1. The molecule has 0 saturated carbocycles. The molecule has 1 atom stereocenters. The Morgan fingerprint density at radius 1 is 1.69 bits per heavy atom. The van der Waals surface area contributed by atoms with Gasteiger partial charge in [-0.25, -0.2) is 0 Å². The third-order valence-electron chi connectivity index (χ3n) is 2.91. The van der Waals surface area contributed by atoms with Crippen molar-refractivity contribution in [2.24, 2.45) is 5.73 Å². The Balaban J connectivity index is 1.89. The second-order valence-electron chi connectivity index (χ2n) is 3.99. The highest BCUT2D eigenvalue weighted by Crippen LogP contribution is 2.11. The van der Waals surface area contributed by atoms with E-state index in [1.807, 2.05) is 0 Å². The van der Waals surface area contributed by atoms with Gasteiger partial charge in [0.2, 0.25) is 5.91 Å². The van der Waals surface area contributed by atoms with Crippen molar-refractivity contribution in [3.05, 3.63) is 22.4 Å². The standard InChI is InChI=1S/C11H17N3OS/c12-11(15)10-8-13-4-6-14(10)5-3-9-2-1-7-16-9/h1-2,7,10,13H,3-6,8H2,(H2,12,15). The lowest BCUT2D eigenvalue weighted by Gasteiger charge is -2.33. The number of nitrogens with zero attached hydrogens (tertiary/aromatic N) is 1. The van der Waals surface area contributed by atoms with Gasteiger partial charge in [0.15, 0.2) is 0 Å². The van der Waals surface area contributed by atoms with E-state index in [1.165, 1.54) is 4.88 Å². The minimum Gasteiger partial charge on any atom is -0.368 e. The van der Waals surface area contributed by atoms with E-state index in [0.29, 0.717) is 6.54 Å². The van der Waals surface area contributed by atoms with Crippen LogP contribution < -0.4 is 11.1 Å². The van der Waals surface area contributed by atoms with Gasteiger partial charge in [-0.3, -0.25) is 9.69 Å². The first kappa shape index (κ1) is 11.6. The fourth-order valence-corrected chi connectivity index (χ4v) is 2.70. The summed E-state index contributed by atoms with van der Waals surface area (Å²) in [4.78, 5) is 14.8. The highest BCUT2D eigenvalue weighted by atomic mass is 32.1. The molecule has 3 N–H and O–H groups in total. The van der Waals surface area contributed by atoms with E-state index in [-0.39, 0.29) is 11.9 Å². The van der Waals surface area contributed by atoms with E-state index in [2.05, 4.69) is 27.7 Å². The van der Waals surface area contributed by atoms with E-state index in [9.17, 15) is 4.79 Å². The molecule has 1 aromatic heterocycles. The fraction of sp³-hybridized carbons (Fsp3) is 0.545.